The number of likely N-dealkylation sites (N-methyl/N-ethyl adjacent to an activating group) is 1. The van der Waals surface area contributed by atoms with Gasteiger partial charge in [-0.25, -0.2) is 0 Å². The van der Waals surface area contributed by atoms with Gasteiger partial charge >= 0.3 is 5.97 Å². The zero-order valence-corrected chi connectivity index (χ0v) is 13.4. The highest BCUT2D eigenvalue weighted by molar-refractivity contribution is 5.80. The number of nitrogens with zero attached hydrogens (tertiary/aromatic N) is 1. The number of hydrogen-bond acceptors (Lipinski definition) is 4. The van der Waals surface area contributed by atoms with Crippen molar-refractivity contribution < 1.29 is 14.6 Å². The number of carboxylic acids is 1. The van der Waals surface area contributed by atoms with Gasteiger partial charge in [0.2, 0.25) is 0 Å². The quantitative estimate of drug-likeness (QED) is 0.677. The molecule has 2 N–H and O–H groups in total. The Morgan fingerprint density at radius 1 is 1.33 bits per heavy atom. The highest BCUT2D eigenvalue weighted by atomic mass is 16.5. The molecular formula is C16H30N2O3. The molecule has 1 aliphatic carbocycles. The van der Waals surface area contributed by atoms with Gasteiger partial charge in [0, 0.05) is 26.3 Å². The summed E-state index contributed by atoms with van der Waals surface area (Å²) in [6.07, 6.45) is 5.22. The maximum Gasteiger partial charge on any atom is 0.325 e. The maximum absolute atomic E-state index is 11.9. The monoisotopic (exact) mass is 298 g/mol. The van der Waals surface area contributed by atoms with E-state index in [0.717, 1.165) is 58.4 Å². The molecule has 1 aliphatic heterocycles. The fourth-order valence-electron chi connectivity index (χ4n) is 3.43. The topological polar surface area (TPSA) is 61.8 Å². The van der Waals surface area contributed by atoms with Gasteiger partial charge in [-0.2, -0.15) is 0 Å². The lowest BCUT2D eigenvalue weighted by molar-refractivity contribution is -0.147. The number of hydrogen-bond donors (Lipinski definition) is 2. The second-order valence-electron chi connectivity index (χ2n) is 6.73. The van der Waals surface area contributed by atoms with E-state index >= 15 is 0 Å². The van der Waals surface area contributed by atoms with E-state index in [9.17, 15) is 9.90 Å². The highest BCUT2D eigenvalue weighted by Crippen LogP contribution is 2.40. The van der Waals surface area contributed by atoms with Crippen molar-refractivity contribution in [2.45, 2.75) is 44.6 Å². The van der Waals surface area contributed by atoms with Crippen LogP contribution in [0.25, 0.3) is 0 Å². The van der Waals surface area contributed by atoms with Crippen LogP contribution >= 0.6 is 0 Å². The van der Waals surface area contributed by atoms with E-state index in [4.69, 9.17) is 4.74 Å². The van der Waals surface area contributed by atoms with E-state index < -0.39 is 11.5 Å². The predicted octanol–water partition coefficient (Wildman–Crippen LogP) is 1.58. The summed E-state index contributed by atoms with van der Waals surface area (Å²) >= 11 is 0. The number of nitrogens with one attached hydrogen (secondary N) is 1. The lowest BCUT2D eigenvalue weighted by Gasteiger charge is -2.36. The van der Waals surface area contributed by atoms with Gasteiger partial charge in [0.15, 0.2) is 0 Å². The summed E-state index contributed by atoms with van der Waals surface area (Å²) in [7, 11) is 2.06. The standard InChI is InChI=1S/C16H30N2O3/c1-3-8-17-16(15(19)20,14-4-5-14)12-18(2)11-13-6-9-21-10-7-13/h13-14,17H,3-12H2,1-2H3,(H,19,20). The highest BCUT2D eigenvalue weighted by Gasteiger charge is 2.51. The molecule has 21 heavy (non-hydrogen) atoms. The van der Waals surface area contributed by atoms with Gasteiger partial charge in [-0.1, -0.05) is 6.92 Å². The zero-order valence-electron chi connectivity index (χ0n) is 13.4. The summed E-state index contributed by atoms with van der Waals surface area (Å²) in [6.45, 7) is 6.12. The van der Waals surface area contributed by atoms with Crippen LogP contribution in [0.3, 0.4) is 0 Å². The first-order chi connectivity index (χ1) is 10.1. The van der Waals surface area contributed by atoms with Gasteiger partial charge in [0.05, 0.1) is 0 Å². The van der Waals surface area contributed by atoms with Crippen molar-refractivity contribution in [3.05, 3.63) is 0 Å². The lowest BCUT2D eigenvalue weighted by atomic mass is 9.91. The molecule has 1 saturated heterocycles. The van der Waals surface area contributed by atoms with E-state index in [1.165, 1.54) is 0 Å². The van der Waals surface area contributed by atoms with Crippen LogP contribution in [0.1, 0.15) is 39.0 Å². The number of aliphatic carboxylic acids is 1. The third kappa shape index (κ3) is 4.41. The molecule has 0 amide bonds. The fourth-order valence-corrected chi connectivity index (χ4v) is 3.43. The fraction of sp³-hybridized carbons (Fsp3) is 0.938. The summed E-state index contributed by atoms with van der Waals surface area (Å²) in [5.74, 6) is 0.247. The Labute approximate surface area is 128 Å². The Morgan fingerprint density at radius 2 is 2.00 bits per heavy atom. The molecule has 1 unspecified atom stereocenters. The molecule has 122 valence electrons. The Balaban J connectivity index is 1.94. The van der Waals surface area contributed by atoms with Crippen LogP contribution in [0.2, 0.25) is 0 Å². The van der Waals surface area contributed by atoms with Crippen LogP contribution in [0, 0.1) is 11.8 Å². The second-order valence-corrected chi connectivity index (χ2v) is 6.73. The largest absolute Gasteiger partial charge is 0.480 e. The van der Waals surface area contributed by atoms with Crippen molar-refractivity contribution >= 4 is 5.97 Å². The first kappa shape index (κ1) is 16.7. The van der Waals surface area contributed by atoms with Gasteiger partial charge < -0.3 is 20.1 Å². The molecule has 0 aromatic heterocycles. The Bertz CT molecular complexity index is 340. The summed E-state index contributed by atoms with van der Waals surface area (Å²) in [5, 5.41) is 13.2. The summed E-state index contributed by atoms with van der Waals surface area (Å²) in [6, 6.07) is 0. The van der Waals surface area contributed by atoms with E-state index in [1.54, 1.807) is 0 Å². The van der Waals surface area contributed by atoms with Crippen molar-refractivity contribution in [1.82, 2.24) is 10.2 Å². The SMILES string of the molecule is CCCNC(CN(C)CC1CCOCC1)(C(=O)O)C1CC1. The Morgan fingerprint density at radius 3 is 2.52 bits per heavy atom. The molecular weight excluding hydrogens is 268 g/mol. The lowest BCUT2D eigenvalue weighted by Crippen LogP contribution is -2.60. The second kappa shape index (κ2) is 7.56. The van der Waals surface area contributed by atoms with Crippen molar-refractivity contribution in [3.63, 3.8) is 0 Å². The first-order valence-corrected chi connectivity index (χ1v) is 8.33. The maximum atomic E-state index is 11.9. The molecule has 0 bridgehead atoms. The number of rotatable bonds is 9. The molecule has 0 aromatic carbocycles. The molecule has 0 spiro atoms. The van der Waals surface area contributed by atoms with Crippen LogP contribution in [0.15, 0.2) is 0 Å². The Kier molecular flexibility index (Phi) is 6.02. The minimum Gasteiger partial charge on any atom is -0.480 e. The van der Waals surface area contributed by atoms with Crippen LogP contribution in [0.5, 0.6) is 0 Å². The van der Waals surface area contributed by atoms with Gasteiger partial charge in [-0.05, 0) is 57.5 Å². The van der Waals surface area contributed by atoms with Gasteiger partial charge in [0.1, 0.15) is 5.54 Å². The molecule has 1 atom stereocenters. The van der Waals surface area contributed by atoms with E-state index in [0.29, 0.717) is 18.4 Å². The molecule has 0 radical (unpaired) electrons. The van der Waals surface area contributed by atoms with E-state index in [-0.39, 0.29) is 0 Å². The van der Waals surface area contributed by atoms with Crippen molar-refractivity contribution in [2.75, 3.05) is 39.9 Å². The smallest absolute Gasteiger partial charge is 0.325 e. The number of carbonyl (C=O) groups is 1. The van der Waals surface area contributed by atoms with E-state index in [2.05, 4.69) is 24.2 Å². The van der Waals surface area contributed by atoms with Gasteiger partial charge in [0.25, 0.3) is 0 Å². The minimum absolute atomic E-state index is 0.290. The molecule has 2 rings (SSSR count). The third-order valence-electron chi connectivity index (χ3n) is 4.78. The van der Waals surface area contributed by atoms with Crippen molar-refractivity contribution in [1.29, 1.82) is 0 Å². The normalized spacial score (nSPS) is 23.2. The summed E-state index contributed by atoms with van der Waals surface area (Å²) in [4.78, 5) is 14.1. The van der Waals surface area contributed by atoms with Crippen LogP contribution in [-0.2, 0) is 9.53 Å². The minimum atomic E-state index is -0.754. The molecule has 2 aliphatic rings. The molecule has 5 nitrogen and oxygen atoms in total. The molecule has 0 aromatic rings. The predicted molar refractivity (Wildman–Crippen MR) is 82.4 cm³/mol. The average Bonchev–Trinajstić information content (AvgIpc) is 3.29. The van der Waals surface area contributed by atoms with Crippen molar-refractivity contribution in [2.24, 2.45) is 11.8 Å². The molecule has 5 heteroatoms. The summed E-state index contributed by atoms with van der Waals surface area (Å²) < 4.78 is 5.40. The average molecular weight is 298 g/mol. The van der Waals surface area contributed by atoms with Crippen LogP contribution < -0.4 is 5.32 Å². The first-order valence-electron chi connectivity index (χ1n) is 8.33. The molecule has 1 saturated carbocycles. The van der Waals surface area contributed by atoms with Crippen LogP contribution in [0.4, 0.5) is 0 Å². The zero-order chi connectivity index (χ0) is 15.3. The number of ether oxygens (including phenoxy) is 1. The van der Waals surface area contributed by atoms with Gasteiger partial charge in [-0.15, -0.1) is 0 Å². The van der Waals surface area contributed by atoms with Crippen LogP contribution in [-0.4, -0.2) is 61.4 Å². The number of carboxylic acid groups (broad SMARTS) is 1. The molecule has 2 fully saturated rings. The summed E-state index contributed by atoms with van der Waals surface area (Å²) in [5.41, 5.74) is -0.754. The van der Waals surface area contributed by atoms with Crippen molar-refractivity contribution in [3.8, 4) is 0 Å². The third-order valence-corrected chi connectivity index (χ3v) is 4.78. The Hall–Kier alpha value is -0.650. The van der Waals surface area contributed by atoms with E-state index in [1.807, 2.05) is 0 Å². The molecule has 1 heterocycles. The van der Waals surface area contributed by atoms with Gasteiger partial charge in [-0.3, -0.25) is 4.79 Å².